The lowest BCUT2D eigenvalue weighted by Crippen LogP contribution is -2.21. The summed E-state index contributed by atoms with van der Waals surface area (Å²) in [6, 6.07) is 9.84. The fourth-order valence-corrected chi connectivity index (χ4v) is 5.90. The number of unbranched alkanes of at least 4 members (excludes halogenated alkanes) is 4. The second-order valence-electron chi connectivity index (χ2n) is 11.2. The van der Waals surface area contributed by atoms with Crippen molar-refractivity contribution in [1.82, 2.24) is 24.5 Å². The zero-order chi connectivity index (χ0) is 33.7. The smallest absolute Gasteiger partial charge is 0.355 e. The molecule has 1 unspecified atom stereocenters. The number of aliphatic hydroxyl groups is 1. The number of ether oxygens (including phenoxy) is 1. The maximum atomic E-state index is 13.5. The first-order chi connectivity index (χ1) is 22.5. The van der Waals surface area contributed by atoms with Crippen LogP contribution in [0.1, 0.15) is 50.7 Å². The summed E-state index contributed by atoms with van der Waals surface area (Å²) in [5, 5.41) is 18.7. The lowest BCUT2D eigenvalue weighted by Gasteiger charge is -2.19. The monoisotopic (exact) mass is 671 g/mol. The molecule has 5 aromatic rings. The van der Waals surface area contributed by atoms with E-state index in [1.54, 1.807) is 31.0 Å². The highest BCUT2D eigenvalue weighted by Gasteiger charge is 2.27. The molecule has 4 N–H and O–H groups in total. The van der Waals surface area contributed by atoms with Gasteiger partial charge >= 0.3 is 5.76 Å². The van der Waals surface area contributed by atoms with Gasteiger partial charge in [-0.15, -0.1) is 0 Å². The summed E-state index contributed by atoms with van der Waals surface area (Å²) in [5.41, 5.74) is 9.85. The third-order valence-corrected chi connectivity index (χ3v) is 8.74. The number of rotatable bonds is 15. The summed E-state index contributed by atoms with van der Waals surface area (Å²) in [4.78, 5) is 4.43. The molecule has 0 aliphatic rings. The van der Waals surface area contributed by atoms with E-state index in [-0.39, 0.29) is 23.9 Å². The number of sulfonamides is 1. The molecule has 0 radical (unpaired) electrons. The van der Waals surface area contributed by atoms with Gasteiger partial charge in [0.25, 0.3) is 10.0 Å². The van der Waals surface area contributed by atoms with Gasteiger partial charge in [0, 0.05) is 49.3 Å². The van der Waals surface area contributed by atoms with Gasteiger partial charge in [-0.3, -0.25) is 14.1 Å². The Bertz CT molecular complexity index is 1950. The number of benzene rings is 2. The summed E-state index contributed by atoms with van der Waals surface area (Å²) >= 11 is 0. The van der Waals surface area contributed by atoms with Crippen LogP contribution in [0.25, 0.3) is 33.3 Å². The maximum Gasteiger partial charge on any atom is 0.355 e. The quantitative estimate of drug-likeness (QED) is 0.110. The number of alkyl halides is 2. The van der Waals surface area contributed by atoms with Gasteiger partial charge in [-0.25, -0.2) is 17.8 Å². The average Bonchev–Trinajstić information content (AvgIpc) is 3.65. The van der Waals surface area contributed by atoms with Gasteiger partial charge in [0.2, 0.25) is 0 Å². The van der Waals surface area contributed by atoms with E-state index >= 15 is 0 Å². The predicted molar refractivity (Wildman–Crippen MR) is 174 cm³/mol. The summed E-state index contributed by atoms with van der Waals surface area (Å²) in [6.45, 7) is 2.61. The minimum atomic E-state index is -5.02. The number of aryl methyl sites for hydroxylation is 2. The van der Waals surface area contributed by atoms with E-state index in [0.29, 0.717) is 27.7 Å². The molecule has 11 nitrogen and oxygen atoms in total. The molecule has 0 fully saturated rings. The van der Waals surface area contributed by atoms with E-state index in [0.717, 1.165) is 49.8 Å². The molecule has 0 bridgehead atoms. The first-order valence-electron chi connectivity index (χ1n) is 15.1. The number of aliphatic hydroxyl groups excluding tert-OH is 1. The molecule has 0 aliphatic heterocycles. The summed E-state index contributed by atoms with van der Waals surface area (Å²) in [7, 11) is -3.27. The van der Waals surface area contributed by atoms with Gasteiger partial charge in [-0.2, -0.15) is 19.0 Å². The van der Waals surface area contributed by atoms with Gasteiger partial charge in [0.15, 0.2) is 0 Å². The highest BCUT2D eigenvalue weighted by Crippen LogP contribution is 2.40. The molecule has 3 aromatic heterocycles. The summed E-state index contributed by atoms with van der Waals surface area (Å²) in [5.74, 6) is -3.97. The Morgan fingerprint density at radius 1 is 1.02 bits per heavy atom. The molecule has 2 aromatic carbocycles. The SMILES string of the molecule is CC(Oc1cc(-c2nn(C)c3c(-c4cnn(CCCCCCCO)c4)cnc(N)c23)ccc1NS(=O)(=O)C(F)F)c1ccc(F)cc1. The average molecular weight is 672 g/mol. The first kappa shape index (κ1) is 33.7. The van der Waals surface area contributed by atoms with Crippen LogP contribution in [0.5, 0.6) is 5.75 Å². The number of halogens is 3. The van der Waals surface area contributed by atoms with Crippen molar-refractivity contribution in [3.63, 3.8) is 0 Å². The highest BCUT2D eigenvalue weighted by molar-refractivity contribution is 7.93. The number of pyridine rings is 1. The van der Waals surface area contributed by atoms with E-state index in [4.69, 9.17) is 20.7 Å². The van der Waals surface area contributed by atoms with E-state index in [9.17, 15) is 21.6 Å². The standard InChI is InChI=1S/C32H36F3N7O4S/c1-20(21-8-11-24(33)12-9-21)46-27-16-22(10-13-26(27)40-47(44,45)32(34)35)29-28-30(41(2)39-29)25(18-37-31(28)36)23-17-38-42(19-23)14-6-4-3-5-7-15-43/h8-13,16-20,32,40,43H,3-7,14-15H2,1-2H3,(H2,36,37). The lowest BCUT2D eigenvalue weighted by molar-refractivity contribution is 0.228. The number of aromatic nitrogens is 5. The Labute approximate surface area is 270 Å². The van der Waals surface area contributed by atoms with Crippen LogP contribution < -0.4 is 15.2 Å². The van der Waals surface area contributed by atoms with Gasteiger partial charge in [0.1, 0.15) is 29.2 Å². The number of fused-ring (bicyclic) bond motifs is 1. The van der Waals surface area contributed by atoms with E-state index in [1.165, 1.54) is 42.5 Å². The molecule has 0 saturated heterocycles. The molecule has 15 heteroatoms. The number of nitrogens with one attached hydrogen (secondary N) is 1. The largest absolute Gasteiger partial charge is 0.484 e. The predicted octanol–water partition coefficient (Wildman–Crippen LogP) is 6.27. The van der Waals surface area contributed by atoms with Gasteiger partial charge < -0.3 is 15.6 Å². The van der Waals surface area contributed by atoms with Crippen molar-refractivity contribution >= 4 is 32.4 Å². The zero-order valence-electron chi connectivity index (χ0n) is 25.9. The highest BCUT2D eigenvalue weighted by atomic mass is 32.2. The van der Waals surface area contributed by atoms with Crippen LogP contribution >= 0.6 is 0 Å². The Morgan fingerprint density at radius 2 is 1.74 bits per heavy atom. The Balaban J connectivity index is 1.50. The molecular formula is C32H36F3N7O4S. The Morgan fingerprint density at radius 3 is 2.47 bits per heavy atom. The Hall–Kier alpha value is -4.63. The fourth-order valence-electron chi connectivity index (χ4n) is 5.33. The molecule has 0 aliphatic carbocycles. The van der Waals surface area contributed by atoms with Crippen LogP contribution in [0.15, 0.2) is 61.1 Å². The van der Waals surface area contributed by atoms with Gasteiger partial charge in [-0.05, 0) is 49.6 Å². The van der Waals surface area contributed by atoms with Crippen molar-refractivity contribution in [1.29, 1.82) is 0 Å². The third kappa shape index (κ3) is 7.68. The number of nitrogens with two attached hydrogens (primary N) is 1. The summed E-state index contributed by atoms with van der Waals surface area (Å²) < 4.78 is 75.8. The molecule has 3 heterocycles. The van der Waals surface area contributed by atoms with Crippen molar-refractivity contribution in [3.05, 3.63) is 72.4 Å². The number of anilines is 2. The van der Waals surface area contributed by atoms with Crippen molar-refractivity contribution < 1.29 is 31.4 Å². The lowest BCUT2D eigenvalue weighted by atomic mass is 10.0. The molecular weight excluding hydrogens is 635 g/mol. The number of nitrogens with zero attached hydrogens (tertiary/aromatic N) is 5. The molecule has 1 atom stereocenters. The van der Waals surface area contributed by atoms with E-state index in [1.807, 2.05) is 15.6 Å². The molecule has 0 saturated carbocycles. The minimum Gasteiger partial charge on any atom is -0.484 e. The Kier molecular flexibility index (Phi) is 10.3. The van der Waals surface area contributed by atoms with E-state index in [2.05, 4.69) is 10.1 Å². The minimum absolute atomic E-state index is 0.0531. The molecule has 250 valence electrons. The zero-order valence-corrected chi connectivity index (χ0v) is 26.7. The fraction of sp³-hybridized carbons (Fsp3) is 0.344. The second kappa shape index (κ2) is 14.4. The topological polar surface area (TPSA) is 150 Å². The van der Waals surface area contributed by atoms with Crippen molar-refractivity contribution in [2.45, 2.75) is 57.4 Å². The van der Waals surface area contributed by atoms with Crippen molar-refractivity contribution in [3.8, 4) is 28.1 Å². The van der Waals surface area contributed by atoms with E-state index < -0.39 is 27.7 Å². The molecule has 0 spiro atoms. The first-order valence-corrected chi connectivity index (χ1v) is 16.6. The van der Waals surface area contributed by atoms with Crippen molar-refractivity contribution in [2.24, 2.45) is 7.05 Å². The van der Waals surface area contributed by atoms with Gasteiger partial charge in [-0.1, -0.05) is 37.5 Å². The molecule has 47 heavy (non-hydrogen) atoms. The molecule has 5 rings (SSSR count). The second-order valence-corrected chi connectivity index (χ2v) is 12.8. The van der Waals surface area contributed by atoms with Crippen LogP contribution in [0.3, 0.4) is 0 Å². The van der Waals surface area contributed by atoms with Crippen LogP contribution in [0.4, 0.5) is 24.7 Å². The molecule has 0 amide bonds. The van der Waals surface area contributed by atoms with Crippen LogP contribution in [0.2, 0.25) is 0 Å². The third-order valence-electron chi connectivity index (χ3n) is 7.77. The maximum absolute atomic E-state index is 13.5. The van der Waals surface area contributed by atoms with Crippen LogP contribution in [0, 0.1) is 5.82 Å². The van der Waals surface area contributed by atoms with Crippen molar-refractivity contribution in [2.75, 3.05) is 17.1 Å². The van der Waals surface area contributed by atoms with Crippen LogP contribution in [-0.4, -0.2) is 50.4 Å². The normalized spacial score (nSPS) is 12.6. The van der Waals surface area contributed by atoms with Crippen LogP contribution in [-0.2, 0) is 23.6 Å². The van der Waals surface area contributed by atoms with Gasteiger partial charge in [0.05, 0.1) is 22.8 Å². The number of hydrogen-bond donors (Lipinski definition) is 3. The number of hydrogen-bond acceptors (Lipinski definition) is 8. The number of nitrogen functional groups attached to an aromatic ring is 1. The summed E-state index contributed by atoms with van der Waals surface area (Å²) in [6.07, 6.45) is 9.45.